The molecule has 3 nitrogen and oxygen atoms in total. The van der Waals surface area contributed by atoms with Gasteiger partial charge in [0.05, 0.1) is 0 Å². The minimum Gasteiger partial charge on any atom is -0.380 e. The Balaban J connectivity index is 2.19. The van der Waals surface area contributed by atoms with Crippen molar-refractivity contribution in [1.82, 2.24) is 4.90 Å². The molecule has 1 aromatic rings. The molecule has 24 heavy (non-hydrogen) atoms. The van der Waals surface area contributed by atoms with E-state index in [0.717, 1.165) is 22.3 Å². The van der Waals surface area contributed by atoms with Crippen LogP contribution in [0.4, 0.5) is 13.2 Å². The zero-order valence-corrected chi connectivity index (χ0v) is 14.5. The van der Waals surface area contributed by atoms with Crippen molar-refractivity contribution >= 4 is 5.78 Å². The van der Waals surface area contributed by atoms with Crippen LogP contribution in [-0.4, -0.2) is 40.7 Å². The lowest BCUT2D eigenvalue weighted by Gasteiger charge is -2.39. The predicted molar refractivity (Wildman–Crippen MR) is 86.2 cm³/mol. The second-order valence-electron chi connectivity index (χ2n) is 6.85. The van der Waals surface area contributed by atoms with Crippen molar-refractivity contribution in [3.8, 4) is 0 Å². The topological polar surface area (TPSA) is 40.5 Å². The summed E-state index contributed by atoms with van der Waals surface area (Å²) in [6.07, 6.45) is -5.23. The van der Waals surface area contributed by atoms with Crippen molar-refractivity contribution in [2.45, 2.75) is 58.9 Å². The second kappa shape index (κ2) is 6.48. The zero-order valence-electron chi connectivity index (χ0n) is 14.5. The Morgan fingerprint density at radius 1 is 1.21 bits per heavy atom. The van der Waals surface area contributed by atoms with Gasteiger partial charge < -0.3 is 5.11 Å². The van der Waals surface area contributed by atoms with Gasteiger partial charge in [0.25, 0.3) is 0 Å². The Hall–Kier alpha value is -1.40. The fourth-order valence-corrected chi connectivity index (χ4v) is 3.60. The first-order chi connectivity index (χ1) is 11.0. The maximum Gasteiger partial charge on any atom is 0.417 e. The van der Waals surface area contributed by atoms with E-state index >= 15 is 0 Å². The number of aryl methyl sites for hydroxylation is 2. The van der Waals surface area contributed by atoms with Gasteiger partial charge >= 0.3 is 6.18 Å². The minimum atomic E-state index is -4.59. The van der Waals surface area contributed by atoms with Crippen molar-refractivity contribution in [2.24, 2.45) is 0 Å². The average Bonchev–Trinajstić information content (AvgIpc) is 2.43. The molecule has 2 rings (SSSR count). The smallest absolute Gasteiger partial charge is 0.380 e. The van der Waals surface area contributed by atoms with Gasteiger partial charge in [0.1, 0.15) is 0 Å². The lowest BCUT2D eigenvalue weighted by molar-refractivity contribution is -0.272. The summed E-state index contributed by atoms with van der Waals surface area (Å²) < 4.78 is 38.7. The van der Waals surface area contributed by atoms with E-state index in [9.17, 15) is 23.1 Å². The number of carbonyl (C=O) groups excluding carboxylic acids is 1. The molecule has 0 aromatic heterocycles. The monoisotopic (exact) mass is 343 g/mol. The molecule has 0 atom stereocenters. The third-order valence-corrected chi connectivity index (χ3v) is 5.08. The van der Waals surface area contributed by atoms with E-state index in [1.807, 2.05) is 31.7 Å². The normalized spacial score (nSPS) is 18.7. The number of alkyl halides is 3. The predicted octanol–water partition coefficient (Wildman–Crippen LogP) is 3.70. The summed E-state index contributed by atoms with van der Waals surface area (Å²) in [5.41, 5.74) is 1.96. The number of piperidine rings is 1. The summed E-state index contributed by atoms with van der Waals surface area (Å²) >= 11 is 0. The van der Waals surface area contributed by atoms with E-state index in [2.05, 4.69) is 0 Å². The van der Waals surface area contributed by atoms with Crippen LogP contribution in [0.2, 0.25) is 0 Å². The van der Waals surface area contributed by atoms with E-state index < -0.39 is 11.8 Å². The maximum atomic E-state index is 12.9. The molecule has 1 saturated heterocycles. The third kappa shape index (κ3) is 3.49. The molecule has 1 aliphatic heterocycles. The number of hydrogen-bond donors (Lipinski definition) is 1. The van der Waals surface area contributed by atoms with Crippen LogP contribution in [0.1, 0.15) is 52.4 Å². The first kappa shape index (κ1) is 18.9. The molecule has 1 N–H and O–H groups in total. The number of likely N-dealkylation sites (tertiary alicyclic amines) is 1. The number of carbonyl (C=O) groups is 1. The van der Waals surface area contributed by atoms with Crippen LogP contribution in [-0.2, 0) is 6.54 Å². The summed E-state index contributed by atoms with van der Waals surface area (Å²) in [5.74, 6) is -0.00339. The van der Waals surface area contributed by atoms with Crippen LogP contribution in [0.3, 0.4) is 0 Å². The zero-order chi connectivity index (χ0) is 18.3. The number of benzene rings is 1. The van der Waals surface area contributed by atoms with Crippen LogP contribution in [0, 0.1) is 20.8 Å². The van der Waals surface area contributed by atoms with Crippen LogP contribution in [0.25, 0.3) is 0 Å². The van der Waals surface area contributed by atoms with Crippen LogP contribution >= 0.6 is 0 Å². The average molecular weight is 343 g/mol. The van der Waals surface area contributed by atoms with Gasteiger partial charge in [-0.15, -0.1) is 0 Å². The number of Topliss-reactive ketones (excluding diaryl/α,β-unsaturated/α-hetero) is 1. The molecule has 1 heterocycles. The van der Waals surface area contributed by atoms with E-state index in [-0.39, 0.29) is 31.7 Å². The fraction of sp³-hybridized carbons (Fsp3) is 0.611. The van der Waals surface area contributed by atoms with E-state index in [1.54, 1.807) is 0 Å². The van der Waals surface area contributed by atoms with E-state index in [0.29, 0.717) is 12.1 Å². The highest BCUT2D eigenvalue weighted by atomic mass is 19.4. The third-order valence-electron chi connectivity index (χ3n) is 5.08. The molecule has 0 saturated carbocycles. The lowest BCUT2D eigenvalue weighted by Crippen LogP contribution is -2.53. The summed E-state index contributed by atoms with van der Waals surface area (Å²) in [4.78, 5) is 13.8. The molecule has 0 amide bonds. The van der Waals surface area contributed by atoms with Gasteiger partial charge in [-0.05, 0) is 62.8 Å². The fourth-order valence-electron chi connectivity index (χ4n) is 3.60. The van der Waals surface area contributed by atoms with Crippen molar-refractivity contribution in [1.29, 1.82) is 0 Å². The van der Waals surface area contributed by atoms with Gasteiger partial charge in [-0.1, -0.05) is 6.07 Å². The number of rotatable bonds is 3. The molecular weight excluding hydrogens is 319 g/mol. The molecule has 0 bridgehead atoms. The Bertz CT molecular complexity index is 645. The molecule has 0 radical (unpaired) electrons. The number of aliphatic hydroxyl groups is 1. The number of halogens is 3. The van der Waals surface area contributed by atoms with Gasteiger partial charge in [-0.25, -0.2) is 0 Å². The Kier molecular flexibility index (Phi) is 5.11. The standard InChI is InChI=1S/C18H24F3NO2/c1-11-9-12(2)16(14(4)23)13(3)15(11)10-22-7-5-17(24,6-8-22)18(19,20)21/h9,24H,5-8,10H2,1-4H3. The Labute approximate surface area is 140 Å². The van der Waals surface area contributed by atoms with Gasteiger partial charge in [-0.2, -0.15) is 13.2 Å². The molecule has 0 unspecified atom stereocenters. The molecule has 0 aliphatic carbocycles. The Morgan fingerprint density at radius 2 is 1.75 bits per heavy atom. The molecular formula is C18H24F3NO2. The van der Waals surface area contributed by atoms with Crippen LogP contribution in [0.5, 0.6) is 0 Å². The summed E-state index contributed by atoms with van der Waals surface area (Å²) in [6.45, 7) is 8.11. The molecule has 6 heteroatoms. The van der Waals surface area contributed by atoms with Gasteiger partial charge in [0, 0.05) is 25.2 Å². The van der Waals surface area contributed by atoms with Crippen LogP contribution < -0.4 is 0 Å². The van der Waals surface area contributed by atoms with Gasteiger partial charge in [-0.3, -0.25) is 9.69 Å². The highest BCUT2D eigenvalue weighted by Crippen LogP contribution is 2.38. The van der Waals surface area contributed by atoms with Crippen molar-refractivity contribution in [3.05, 3.63) is 33.9 Å². The highest BCUT2D eigenvalue weighted by Gasteiger charge is 2.54. The summed E-state index contributed by atoms with van der Waals surface area (Å²) in [6, 6.07) is 1.95. The minimum absolute atomic E-state index is 0.00339. The SMILES string of the molecule is CC(=O)c1c(C)cc(C)c(CN2CCC(O)(C(F)(F)F)CC2)c1C. The number of ketones is 1. The lowest BCUT2D eigenvalue weighted by atomic mass is 9.88. The maximum absolute atomic E-state index is 12.9. The van der Waals surface area contributed by atoms with Crippen molar-refractivity contribution in [3.63, 3.8) is 0 Å². The first-order valence-electron chi connectivity index (χ1n) is 8.08. The summed E-state index contributed by atoms with van der Waals surface area (Å²) in [7, 11) is 0. The summed E-state index contributed by atoms with van der Waals surface area (Å²) in [5, 5.41) is 9.76. The molecule has 1 fully saturated rings. The van der Waals surface area contributed by atoms with Gasteiger partial charge in [0.15, 0.2) is 11.4 Å². The van der Waals surface area contributed by atoms with Crippen molar-refractivity contribution in [2.75, 3.05) is 13.1 Å². The first-order valence-corrected chi connectivity index (χ1v) is 8.08. The highest BCUT2D eigenvalue weighted by molar-refractivity contribution is 5.97. The van der Waals surface area contributed by atoms with E-state index in [4.69, 9.17) is 0 Å². The molecule has 1 aromatic carbocycles. The van der Waals surface area contributed by atoms with Crippen molar-refractivity contribution < 1.29 is 23.1 Å². The molecule has 134 valence electrons. The largest absolute Gasteiger partial charge is 0.417 e. The number of nitrogens with zero attached hydrogens (tertiary/aromatic N) is 1. The molecule has 0 spiro atoms. The molecule has 1 aliphatic rings. The Morgan fingerprint density at radius 3 is 2.21 bits per heavy atom. The quantitative estimate of drug-likeness (QED) is 0.851. The van der Waals surface area contributed by atoms with E-state index in [1.165, 1.54) is 6.92 Å². The van der Waals surface area contributed by atoms with Gasteiger partial charge in [0.2, 0.25) is 0 Å². The van der Waals surface area contributed by atoms with Crippen LogP contribution in [0.15, 0.2) is 6.07 Å². The number of hydrogen-bond acceptors (Lipinski definition) is 3. The second-order valence-corrected chi connectivity index (χ2v) is 6.85.